The summed E-state index contributed by atoms with van der Waals surface area (Å²) in [5, 5.41) is 2.66. The highest BCUT2D eigenvalue weighted by Crippen LogP contribution is 2.37. The number of hydrogen-bond donors (Lipinski definition) is 1. The van der Waals surface area contributed by atoms with E-state index < -0.39 is 0 Å². The molecule has 2 saturated carbocycles. The second-order valence-corrected chi connectivity index (χ2v) is 8.34. The van der Waals surface area contributed by atoms with Crippen molar-refractivity contribution in [1.82, 2.24) is 10.2 Å². The SMILES string of the molecule is CNC(=O)c1cccc(C2CCCC(C(=O)N(C)C(=O)C3CCCCC3)C2)c1. The van der Waals surface area contributed by atoms with Gasteiger partial charge < -0.3 is 5.32 Å². The highest BCUT2D eigenvalue weighted by Gasteiger charge is 2.34. The summed E-state index contributed by atoms with van der Waals surface area (Å²) in [4.78, 5) is 39.1. The number of imide groups is 1. The minimum absolute atomic E-state index is 0.00781. The highest BCUT2D eigenvalue weighted by atomic mass is 16.2. The average molecular weight is 385 g/mol. The van der Waals surface area contributed by atoms with Gasteiger partial charge in [-0.15, -0.1) is 0 Å². The molecule has 2 unspecified atom stereocenters. The molecule has 28 heavy (non-hydrogen) atoms. The first-order chi connectivity index (χ1) is 13.5. The molecule has 0 aromatic heterocycles. The van der Waals surface area contributed by atoms with Gasteiger partial charge in [-0.25, -0.2) is 0 Å². The zero-order chi connectivity index (χ0) is 20.1. The number of amides is 3. The fourth-order valence-corrected chi connectivity index (χ4v) is 4.80. The monoisotopic (exact) mass is 384 g/mol. The Morgan fingerprint density at radius 2 is 1.61 bits per heavy atom. The molecule has 0 spiro atoms. The van der Waals surface area contributed by atoms with Crippen LogP contribution >= 0.6 is 0 Å². The molecular weight excluding hydrogens is 352 g/mol. The quantitative estimate of drug-likeness (QED) is 0.801. The summed E-state index contributed by atoms with van der Waals surface area (Å²) in [5.74, 6) is 0.0519. The molecular formula is C23H32N2O3. The first-order valence-electron chi connectivity index (χ1n) is 10.6. The maximum absolute atomic E-state index is 13.0. The number of benzene rings is 1. The molecule has 5 nitrogen and oxygen atoms in total. The first kappa shape index (κ1) is 20.6. The number of carbonyl (C=O) groups is 3. The smallest absolute Gasteiger partial charge is 0.251 e. The third-order valence-corrected chi connectivity index (χ3v) is 6.49. The molecule has 5 heteroatoms. The maximum Gasteiger partial charge on any atom is 0.251 e. The lowest BCUT2D eigenvalue weighted by Gasteiger charge is -2.32. The highest BCUT2D eigenvalue weighted by molar-refractivity contribution is 5.97. The van der Waals surface area contributed by atoms with Crippen LogP contribution in [0.2, 0.25) is 0 Å². The van der Waals surface area contributed by atoms with Gasteiger partial charge in [-0.3, -0.25) is 19.3 Å². The van der Waals surface area contributed by atoms with Crippen molar-refractivity contribution >= 4 is 17.7 Å². The Morgan fingerprint density at radius 3 is 2.32 bits per heavy atom. The molecule has 0 bridgehead atoms. The van der Waals surface area contributed by atoms with Gasteiger partial charge in [0.05, 0.1) is 0 Å². The number of carbonyl (C=O) groups excluding carboxylic acids is 3. The van der Waals surface area contributed by atoms with Crippen molar-refractivity contribution < 1.29 is 14.4 Å². The van der Waals surface area contributed by atoms with Crippen LogP contribution in [0.25, 0.3) is 0 Å². The molecule has 152 valence electrons. The Balaban J connectivity index is 1.66. The van der Waals surface area contributed by atoms with Crippen LogP contribution in [0.4, 0.5) is 0 Å². The van der Waals surface area contributed by atoms with Gasteiger partial charge in [0.2, 0.25) is 11.8 Å². The van der Waals surface area contributed by atoms with E-state index in [1.54, 1.807) is 14.1 Å². The van der Waals surface area contributed by atoms with E-state index in [2.05, 4.69) is 5.32 Å². The summed E-state index contributed by atoms with van der Waals surface area (Å²) in [6.45, 7) is 0. The fourth-order valence-electron chi connectivity index (χ4n) is 4.80. The van der Waals surface area contributed by atoms with Gasteiger partial charge in [-0.1, -0.05) is 37.8 Å². The third-order valence-electron chi connectivity index (χ3n) is 6.49. The van der Waals surface area contributed by atoms with E-state index >= 15 is 0 Å². The predicted octanol–water partition coefficient (Wildman–Crippen LogP) is 3.89. The van der Waals surface area contributed by atoms with Crippen molar-refractivity contribution in [2.45, 2.75) is 63.7 Å². The van der Waals surface area contributed by atoms with Gasteiger partial charge in [0, 0.05) is 31.5 Å². The molecule has 2 fully saturated rings. The van der Waals surface area contributed by atoms with Crippen LogP contribution in [0.15, 0.2) is 24.3 Å². The summed E-state index contributed by atoms with van der Waals surface area (Å²) < 4.78 is 0. The zero-order valence-electron chi connectivity index (χ0n) is 17.1. The average Bonchev–Trinajstić information content (AvgIpc) is 2.77. The molecule has 2 aliphatic carbocycles. The van der Waals surface area contributed by atoms with E-state index in [0.717, 1.165) is 56.9 Å². The second kappa shape index (κ2) is 9.35. The summed E-state index contributed by atoms with van der Waals surface area (Å²) in [5.41, 5.74) is 1.76. The lowest BCUT2D eigenvalue weighted by molar-refractivity contribution is -0.149. The fraction of sp³-hybridized carbons (Fsp3) is 0.609. The van der Waals surface area contributed by atoms with Crippen LogP contribution in [0.3, 0.4) is 0 Å². The van der Waals surface area contributed by atoms with E-state index in [9.17, 15) is 14.4 Å². The molecule has 2 aliphatic rings. The molecule has 3 rings (SSSR count). The molecule has 0 radical (unpaired) electrons. The Kier molecular flexibility index (Phi) is 6.87. The van der Waals surface area contributed by atoms with Crippen LogP contribution in [0, 0.1) is 11.8 Å². The minimum atomic E-state index is -0.111. The number of nitrogens with one attached hydrogen (secondary N) is 1. The molecule has 1 aromatic rings. The van der Waals surface area contributed by atoms with E-state index in [1.807, 2.05) is 24.3 Å². The number of rotatable bonds is 4. The number of nitrogens with zero attached hydrogens (tertiary/aromatic N) is 1. The normalized spacial score (nSPS) is 23.1. The van der Waals surface area contributed by atoms with Crippen molar-refractivity contribution in [2.75, 3.05) is 14.1 Å². The first-order valence-corrected chi connectivity index (χ1v) is 10.6. The van der Waals surface area contributed by atoms with E-state index in [1.165, 1.54) is 11.3 Å². The van der Waals surface area contributed by atoms with Gasteiger partial charge >= 0.3 is 0 Å². The van der Waals surface area contributed by atoms with Gasteiger partial charge in [0.15, 0.2) is 0 Å². The third kappa shape index (κ3) is 4.62. The maximum atomic E-state index is 13.0. The molecule has 1 aromatic carbocycles. The molecule has 0 heterocycles. The van der Waals surface area contributed by atoms with E-state index in [0.29, 0.717) is 5.56 Å². The molecule has 1 N–H and O–H groups in total. The Hall–Kier alpha value is -2.17. The van der Waals surface area contributed by atoms with Crippen LogP contribution in [0.5, 0.6) is 0 Å². The molecule has 2 atom stereocenters. The van der Waals surface area contributed by atoms with Crippen molar-refractivity contribution in [3.05, 3.63) is 35.4 Å². The van der Waals surface area contributed by atoms with Gasteiger partial charge in [0.1, 0.15) is 0 Å². The van der Waals surface area contributed by atoms with E-state index in [-0.39, 0.29) is 35.5 Å². The summed E-state index contributed by atoms with van der Waals surface area (Å²) >= 11 is 0. The zero-order valence-corrected chi connectivity index (χ0v) is 17.1. The topological polar surface area (TPSA) is 66.5 Å². The Bertz CT molecular complexity index is 724. The van der Waals surface area contributed by atoms with Crippen LogP contribution < -0.4 is 5.32 Å². The molecule has 3 amide bonds. The van der Waals surface area contributed by atoms with Crippen LogP contribution in [0.1, 0.15) is 79.6 Å². The lowest BCUT2D eigenvalue weighted by Crippen LogP contribution is -2.42. The Labute approximate surface area is 167 Å². The predicted molar refractivity (Wildman–Crippen MR) is 109 cm³/mol. The molecule has 0 aliphatic heterocycles. The van der Waals surface area contributed by atoms with Crippen molar-refractivity contribution in [3.63, 3.8) is 0 Å². The summed E-state index contributed by atoms with van der Waals surface area (Å²) in [7, 11) is 3.29. The van der Waals surface area contributed by atoms with Crippen molar-refractivity contribution in [2.24, 2.45) is 11.8 Å². The van der Waals surface area contributed by atoms with Crippen molar-refractivity contribution in [1.29, 1.82) is 0 Å². The standard InChI is InChI=1S/C23H32N2O3/c1-24-21(26)19-12-6-10-17(14-19)18-11-7-13-20(15-18)23(28)25(2)22(27)16-8-4-3-5-9-16/h6,10,12,14,16,18,20H,3-5,7-9,11,13,15H2,1-2H3,(H,24,26). The van der Waals surface area contributed by atoms with Crippen LogP contribution in [-0.4, -0.2) is 36.7 Å². The van der Waals surface area contributed by atoms with Gasteiger partial charge in [-0.05, 0) is 55.7 Å². The van der Waals surface area contributed by atoms with E-state index in [4.69, 9.17) is 0 Å². The molecule has 0 saturated heterocycles. The van der Waals surface area contributed by atoms with Crippen molar-refractivity contribution in [3.8, 4) is 0 Å². The largest absolute Gasteiger partial charge is 0.355 e. The van der Waals surface area contributed by atoms with Gasteiger partial charge in [0.25, 0.3) is 5.91 Å². The number of hydrogen-bond acceptors (Lipinski definition) is 3. The second-order valence-electron chi connectivity index (χ2n) is 8.34. The lowest BCUT2D eigenvalue weighted by atomic mass is 9.77. The Morgan fingerprint density at radius 1 is 0.929 bits per heavy atom. The van der Waals surface area contributed by atoms with Crippen LogP contribution in [-0.2, 0) is 9.59 Å². The van der Waals surface area contributed by atoms with Gasteiger partial charge in [-0.2, -0.15) is 0 Å². The summed E-state index contributed by atoms with van der Waals surface area (Å²) in [6.07, 6.45) is 8.77. The minimum Gasteiger partial charge on any atom is -0.355 e. The summed E-state index contributed by atoms with van der Waals surface area (Å²) in [6, 6.07) is 7.70.